The number of halogens is 3. The van der Waals surface area contributed by atoms with Crippen molar-refractivity contribution in [1.82, 2.24) is 14.9 Å². The lowest BCUT2D eigenvalue weighted by Gasteiger charge is -2.35. The van der Waals surface area contributed by atoms with Crippen LogP contribution in [0, 0.1) is 11.6 Å². The predicted octanol–water partition coefficient (Wildman–Crippen LogP) is 3.95. The van der Waals surface area contributed by atoms with Gasteiger partial charge in [-0.25, -0.2) is 18.7 Å². The number of aromatic nitrogens is 2. The number of piperazine rings is 1. The number of fused-ring (bicyclic) bond motifs is 1. The van der Waals surface area contributed by atoms with Crippen molar-refractivity contribution < 1.29 is 37.7 Å². The van der Waals surface area contributed by atoms with Crippen LogP contribution in [-0.4, -0.2) is 91.1 Å². The van der Waals surface area contributed by atoms with Gasteiger partial charge in [-0.2, -0.15) is 0 Å². The number of hydrogen-bond acceptors (Lipinski definition) is 8. The van der Waals surface area contributed by atoms with Gasteiger partial charge >= 0.3 is 5.97 Å². The van der Waals surface area contributed by atoms with Crippen molar-refractivity contribution in [3.05, 3.63) is 59.9 Å². The summed E-state index contributed by atoms with van der Waals surface area (Å²) in [5.41, 5.74) is -0.365. The first-order valence-corrected chi connectivity index (χ1v) is 13.3. The fourth-order valence-electron chi connectivity index (χ4n) is 4.42. The van der Waals surface area contributed by atoms with E-state index >= 15 is 8.78 Å². The fraction of sp³-hybridized carbons (Fsp3) is 0.357. The Labute approximate surface area is 240 Å². The third-order valence-corrected chi connectivity index (χ3v) is 6.71. The zero-order chi connectivity index (χ0) is 29.4. The molecule has 1 N–H and O–H groups in total. The van der Waals surface area contributed by atoms with Crippen LogP contribution in [0.1, 0.15) is 6.42 Å². The molecule has 0 bridgehead atoms. The Morgan fingerprint density at radius 2 is 1.73 bits per heavy atom. The van der Waals surface area contributed by atoms with Crippen LogP contribution in [0.4, 0.5) is 14.6 Å². The van der Waals surface area contributed by atoms with E-state index in [0.717, 1.165) is 0 Å². The van der Waals surface area contributed by atoms with Gasteiger partial charge in [0, 0.05) is 37.1 Å². The minimum atomic E-state index is -0.947. The maximum Gasteiger partial charge on any atom is 0.305 e. The summed E-state index contributed by atoms with van der Waals surface area (Å²) in [5, 5.41) is 8.91. The molecule has 0 spiro atoms. The van der Waals surface area contributed by atoms with Gasteiger partial charge in [0.1, 0.15) is 35.8 Å². The highest BCUT2D eigenvalue weighted by Gasteiger charge is 2.26. The standard InChI is InChI=1S/C28H29ClF2N4O6/c1-2-22(36)34-7-9-35(10-8-34)28-18-16-19(29)24(26(31)27(18)32-17-33-28)25-20(30)4-3-5-21(25)41-15-14-40-13-12-39-11-6-23(37)38/h2-5,16-17H,1,6-15H2,(H,37,38). The summed E-state index contributed by atoms with van der Waals surface area (Å²) in [6.07, 6.45) is 2.41. The quantitative estimate of drug-likeness (QED) is 0.233. The van der Waals surface area contributed by atoms with E-state index in [4.69, 9.17) is 30.9 Å². The summed E-state index contributed by atoms with van der Waals surface area (Å²) >= 11 is 6.57. The number of ether oxygens (including phenoxy) is 3. The van der Waals surface area contributed by atoms with Crippen LogP contribution >= 0.6 is 11.6 Å². The van der Waals surface area contributed by atoms with Gasteiger partial charge in [-0.3, -0.25) is 9.59 Å². The molecule has 0 saturated carbocycles. The van der Waals surface area contributed by atoms with E-state index in [1.54, 1.807) is 4.90 Å². The van der Waals surface area contributed by atoms with Crippen LogP contribution in [-0.2, 0) is 19.1 Å². The summed E-state index contributed by atoms with van der Waals surface area (Å²) in [6, 6.07) is 5.64. The second-order valence-corrected chi connectivity index (χ2v) is 9.39. The molecule has 4 rings (SSSR count). The smallest absolute Gasteiger partial charge is 0.305 e. The summed E-state index contributed by atoms with van der Waals surface area (Å²) in [4.78, 5) is 34.5. The van der Waals surface area contributed by atoms with E-state index in [9.17, 15) is 9.59 Å². The van der Waals surface area contributed by atoms with E-state index in [1.807, 2.05) is 4.90 Å². The van der Waals surface area contributed by atoms with E-state index in [2.05, 4.69) is 16.5 Å². The Kier molecular flexibility index (Phi) is 10.4. The normalized spacial score (nSPS) is 13.4. The van der Waals surface area contributed by atoms with Crippen molar-refractivity contribution >= 4 is 40.2 Å². The maximum atomic E-state index is 16.0. The molecular weight excluding hydrogens is 562 g/mol. The van der Waals surface area contributed by atoms with Crippen molar-refractivity contribution in [3.8, 4) is 16.9 Å². The molecule has 1 aliphatic heterocycles. The highest BCUT2D eigenvalue weighted by Crippen LogP contribution is 2.42. The van der Waals surface area contributed by atoms with Crippen molar-refractivity contribution in [2.75, 3.05) is 64.1 Å². The molecule has 1 fully saturated rings. The number of nitrogens with zero attached hydrogens (tertiary/aromatic N) is 4. The summed E-state index contributed by atoms with van der Waals surface area (Å²) in [5.74, 6) is -2.12. The molecule has 13 heteroatoms. The average molecular weight is 591 g/mol. The molecule has 0 atom stereocenters. The number of benzene rings is 2. The fourth-order valence-corrected chi connectivity index (χ4v) is 4.71. The van der Waals surface area contributed by atoms with Crippen LogP contribution in [0.25, 0.3) is 22.0 Å². The molecule has 1 amide bonds. The number of carboxylic acids is 1. The average Bonchev–Trinajstić information content (AvgIpc) is 2.96. The first kappa shape index (κ1) is 30.1. The highest BCUT2D eigenvalue weighted by molar-refractivity contribution is 6.34. The zero-order valence-corrected chi connectivity index (χ0v) is 22.9. The van der Waals surface area contributed by atoms with Crippen LogP contribution in [0.5, 0.6) is 5.75 Å². The van der Waals surface area contributed by atoms with Crippen LogP contribution < -0.4 is 9.64 Å². The van der Waals surface area contributed by atoms with Crippen molar-refractivity contribution in [2.45, 2.75) is 6.42 Å². The molecule has 218 valence electrons. The number of anilines is 1. The Bertz CT molecular complexity index is 1420. The lowest BCUT2D eigenvalue weighted by Crippen LogP contribution is -2.48. The lowest BCUT2D eigenvalue weighted by atomic mass is 10.0. The molecule has 2 aromatic carbocycles. The molecule has 1 saturated heterocycles. The van der Waals surface area contributed by atoms with E-state index < -0.39 is 17.6 Å². The van der Waals surface area contributed by atoms with Gasteiger partial charge < -0.3 is 29.1 Å². The SMILES string of the molecule is C=CC(=O)N1CCN(c2ncnc3c(F)c(-c4c(F)cccc4OCCOCCOCCC(=O)O)c(Cl)cc23)CC1. The zero-order valence-electron chi connectivity index (χ0n) is 22.2. The Morgan fingerprint density at radius 3 is 2.44 bits per heavy atom. The van der Waals surface area contributed by atoms with E-state index in [1.165, 1.54) is 36.7 Å². The third kappa shape index (κ3) is 7.26. The lowest BCUT2D eigenvalue weighted by molar-refractivity contribution is -0.138. The predicted molar refractivity (Wildman–Crippen MR) is 148 cm³/mol. The monoisotopic (exact) mass is 590 g/mol. The summed E-state index contributed by atoms with van der Waals surface area (Å²) in [6.45, 7) is 6.02. The van der Waals surface area contributed by atoms with Crippen molar-refractivity contribution in [2.24, 2.45) is 0 Å². The highest BCUT2D eigenvalue weighted by atomic mass is 35.5. The molecule has 1 aliphatic rings. The molecular formula is C28H29ClF2N4O6. The second kappa shape index (κ2) is 14.2. The van der Waals surface area contributed by atoms with Gasteiger partial charge in [0.05, 0.1) is 43.4 Å². The topological polar surface area (TPSA) is 114 Å². The van der Waals surface area contributed by atoms with Crippen LogP contribution in [0.15, 0.2) is 43.2 Å². The second-order valence-electron chi connectivity index (χ2n) is 8.99. The van der Waals surface area contributed by atoms with E-state index in [-0.39, 0.29) is 72.8 Å². The molecule has 10 nitrogen and oxygen atoms in total. The Hall–Kier alpha value is -3.87. The number of carbonyl (C=O) groups excluding carboxylic acids is 1. The number of aliphatic carboxylic acids is 1. The van der Waals surface area contributed by atoms with Crippen molar-refractivity contribution in [1.29, 1.82) is 0 Å². The summed E-state index contributed by atoms with van der Waals surface area (Å²) < 4.78 is 47.4. The van der Waals surface area contributed by atoms with Crippen molar-refractivity contribution in [3.63, 3.8) is 0 Å². The third-order valence-electron chi connectivity index (χ3n) is 6.41. The molecule has 0 radical (unpaired) electrons. The number of amides is 1. The maximum absolute atomic E-state index is 16.0. The van der Waals surface area contributed by atoms with Gasteiger partial charge in [0.2, 0.25) is 5.91 Å². The Morgan fingerprint density at radius 1 is 1.02 bits per heavy atom. The van der Waals surface area contributed by atoms with Crippen LogP contribution in [0.3, 0.4) is 0 Å². The number of carboxylic acid groups (broad SMARTS) is 1. The number of carbonyl (C=O) groups is 2. The first-order valence-electron chi connectivity index (χ1n) is 12.9. The molecule has 0 unspecified atom stereocenters. The van der Waals surface area contributed by atoms with Gasteiger partial charge in [-0.1, -0.05) is 24.2 Å². The molecule has 0 aliphatic carbocycles. The van der Waals surface area contributed by atoms with Gasteiger partial charge in [0.25, 0.3) is 0 Å². The molecule has 2 heterocycles. The largest absolute Gasteiger partial charge is 0.490 e. The summed E-state index contributed by atoms with van der Waals surface area (Å²) in [7, 11) is 0. The Balaban J connectivity index is 1.50. The minimum absolute atomic E-state index is 0.0283. The van der Waals surface area contributed by atoms with Crippen LogP contribution in [0.2, 0.25) is 5.02 Å². The first-order chi connectivity index (χ1) is 19.8. The number of hydrogen-bond donors (Lipinski definition) is 1. The van der Waals surface area contributed by atoms with Gasteiger partial charge in [-0.05, 0) is 24.3 Å². The molecule has 1 aromatic heterocycles. The van der Waals surface area contributed by atoms with Gasteiger partial charge in [-0.15, -0.1) is 0 Å². The van der Waals surface area contributed by atoms with Gasteiger partial charge in [0.15, 0.2) is 5.82 Å². The minimum Gasteiger partial charge on any atom is -0.490 e. The molecule has 41 heavy (non-hydrogen) atoms. The molecule has 3 aromatic rings. The van der Waals surface area contributed by atoms with E-state index in [0.29, 0.717) is 37.4 Å². The number of rotatable bonds is 13.